The van der Waals surface area contributed by atoms with Crippen LogP contribution in [0.25, 0.3) is 21.9 Å². The maximum atomic E-state index is 6.50. The lowest BCUT2D eigenvalue weighted by molar-refractivity contribution is 0.414. The molecular weight excluding hydrogens is 596 g/mol. The van der Waals surface area contributed by atoms with Crippen molar-refractivity contribution in [3.05, 3.63) is 131 Å². The zero-order chi connectivity index (χ0) is 33.3. The molecule has 0 aliphatic heterocycles. The highest BCUT2D eigenvalue weighted by Gasteiger charge is 2.22. The zero-order valence-electron chi connectivity index (χ0n) is 28.4. The van der Waals surface area contributed by atoms with Crippen LogP contribution < -0.4 is 9.47 Å². The number of nitrogens with zero attached hydrogens (tertiary/aromatic N) is 2. The molecule has 6 nitrogen and oxygen atoms in total. The van der Waals surface area contributed by atoms with Crippen molar-refractivity contribution in [1.29, 1.82) is 0 Å². The van der Waals surface area contributed by atoms with Crippen LogP contribution in [0.1, 0.15) is 73.3 Å². The van der Waals surface area contributed by atoms with Crippen LogP contribution in [0.2, 0.25) is 0 Å². The number of hydrogen-bond donors (Lipinski definition) is 0. The smallest absolute Gasteiger partial charge is 0.134 e. The van der Waals surface area contributed by atoms with E-state index in [4.69, 9.17) is 28.5 Å². The standard InChI is InChI=1S/C42H44N2O4/c1-5-7-15-39-41(33-13-9-11-17-37(33)47-39)35(27-29-19-23-31(45-3)24-20-29)43-44-36(28-30-21-25-32(46-4)26-22-30)42-34-14-10-12-18-38(34)48-40(42)16-8-6-2/h9-14,17-26H,5-8,15-16,27-28H2,1-4H3/b43-35-,44-36+. The lowest BCUT2D eigenvalue weighted by atomic mass is 9.97. The van der Waals surface area contributed by atoms with Crippen LogP contribution in [0, 0.1) is 0 Å². The fourth-order valence-corrected chi connectivity index (χ4v) is 6.19. The minimum absolute atomic E-state index is 0.584. The summed E-state index contributed by atoms with van der Waals surface area (Å²) in [5.74, 6) is 3.55. The predicted octanol–water partition coefficient (Wildman–Crippen LogP) is 10.6. The van der Waals surface area contributed by atoms with E-state index in [0.29, 0.717) is 12.8 Å². The van der Waals surface area contributed by atoms with Crippen LogP contribution >= 0.6 is 0 Å². The van der Waals surface area contributed by atoms with E-state index < -0.39 is 0 Å². The van der Waals surface area contributed by atoms with E-state index in [1.54, 1.807) is 14.2 Å². The Hall–Kier alpha value is -5.10. The zero-order valence-corrected chi connectivity index (χ0v) is 28.4. The van der Waals surface area contributed by atoms with Gasteiger partial charge >= 0.3 is 0 Å². The average Bonchev–Trinajstić information content (AvgIpc) is 3.69. The number of para-hydroxylation sites is 2. The molecule has 0 aliphatic rings. The van der Waals surface area contributed by atoms with E-state index in [1.807, 2.05) is 48.5 Å². The summed E-state index contributed by atoms with van der Waals surface area (Å²) in [5, 5.41) is 12.5. The molecule has 2 aromatic heterocycles. The number of rotatable bonds is 15. The lowest BCUT2D eigenvalue weighted by Crippen LogP contribution is -2.11. The fourth-order valence-electron chi connectivity index (χ4n) is 6.19. The fraction of sp³-hybridized carbons (Fsp3) is 0.286. The summed E-state index contributed by atoms with van der Waals surface area (Å²) in [5.41, 5.74) is 7.77. The predicted molar refractivity (Wildman–Crippen MR) is 196 cm³/mol. The number of benzene rings is 4. The summed E-state index contributed by atoms with van der Waals surface area (Å²) >= 11 is 0. The number of methoxy groups -OCH3 is 2. The largest absolute Gasteiger partial charge is 0.497 e. The first-order valence-electron chi connectivity index (χ1n) is 17.0. The maximum absolute atomic E-state index is 6.50. The van der Waals surface area contributed by atoms with Crippen LogP contribution in [0.15, 0.2) is 116 Å². The van der Waals surface area contributed by atoms with Gasteiger partial charge in [0.1, 0.15) is 34.2 Å². The molecule has 0 radical (unpaired) electrons. The quantitative estimate of drug-likeness (QED) is 0.0827. The van der Waals surface area contributed by atoms with E-state index in [9.17, 15) is 0 Å². The van der Waals surface area contributed by atoms with Crippen LogP contribution in [0.3, 0.4) is 0 Å². The molecule has 6 heteroatoms. The molecule has 246 valence electrons. The van der Waals surface area contributed by atoms with Gasteiger partial charge < -0.3 is 18.3 Å². The van der Waals surface area contributed by atoms with Gasteiger partial charge in [0.15, 0.2) is 0 Å². The molecule has 0 aliphatic carbocycles. The summed E-state index contributed by atoms with van der Waals surface area (Å²) in [4.78, 5) is 0. The van der Waals surface area contributed by atoms with Crippen molar-refractivity contribution in [2.45, 2.75) is 65.2 Å². The van der Waals surface area contributed by atoms with Crippen molar-refractivity contribution in [2.75, 3.05) is 14.2 Å². The number of furan rings is 2. The first-order valence-corrected chi connectivity index (χ1v) is 17.0. The third kappa shape index (κ3) is 7.38. The molecule has 0 spiro atoms. The van der Waals surface area contributed by atoms with Gasteiger partial charge in [-0.1, -0.05) is 87.4 Å². The highest BCUT2D eigenvalue weighted by atomic mass is 16.5. The van der Waals surface area contributed by atoms with E-state index >= 15 is 0 Å². The van der Waals surface area contributed by atoms with E-state index in [1.165, 1.54) is 0 Å². The Labute approximate surface area is 283 Å². The first kappa shape index (κ1) is 32.8. The van der Waals surface area contributed by atoms with E-state index in [2.05, 4.69) is 62.4 Å². The van der Waals surface area contributed by atoms with Gasteiger partial charge in [0.05, 0.1) is 25.6 Å². The Balaban J connectivity index is 1.56. The Morgan fingerprint density at radius 1 is 0.542 bits per heavy atom. The minimum atomic E-state index is 0.584. The number of aryl methyl sites for hydroxylation is 2. The molecule has 0 fully saturated rings. The molecule has 6 aromatic rings. The van der Waals surface area contributed by atoms with Gasteiger partial charge in [-0.05, 0) is 60.4 Å². The second-order valence-electron chi connectivity index (χ2n) is 12.1. The number of ether oxygens (including phenoxy) is 2. The van der Waals surface area contributed by atoms with Gasteiger partial charge in [0, 0.05) is 47.6 Å². The molecule has 6 rings (SSSR count). The molecule has 4 aromatic carbocycles. The molecule has 48 heavy (non-hydrogen) atoms. The van der Waals surface area contributed by atoms with Crippen LogP contribution in [0.4, 0.5) is 0 Å². The van der Waals surface area contributed by atoms with Crippen molar-refractivity contribution >= 4 is 33.4 Å². The van der Waals surface area contributed by atoms with Crippen molar-refractivity contribution < 1.29 is 18.3 Å². The summed E-state index contributed by atoms with van der Waals surface area (Å²) in [6.45, 7) is 4.41. The van der Waals surface area contributed by atoms with Crippen molar-refractivity contribution in [3.8, 4) is 11.5 Å². The number of hydrogen-bond acceptors (Lipinski definition) is 6. The topological polar surface area (TPSA) is 69.5 Å². The monoisotopic (exact) mass is 640 g/mol. The second-order valence-corrected chi connectivity index (χ2v) is 12.1. The normalized spacial score (nSPS) is 12.2. The Kier molecular flexibility index (Phi) is 10.7. The van der Waals surface area contributed by atoms with Crippen LogP contribution in [-0.2, 0) is 25.7 Å². The summed E-state index contributed by atoms with van der Waals surface area (Å²) in [6.07, 6.45) is 7.02. The Morgan fingerprint density at radius 3 is 1.31 bits per heavy atom. The summed E-state index contributed by atoms with van der Waals surface area (Å²) < 4.78 is 23.9. The minimum Gasteiger partial charge on any atom is -0.497 e. The second kappa shape index (κ2) is 15.7. The lowest BCUT2D eigenvalue weighted by Gasteiger charge is -2.11. The maximum Gasteiger partial charge on any atom is 0.134 e. The van der Waals surface area contributed by atoms with Gasteiger partial charge in [0.2, 0.25) is 0 Å². The molecule has 0 N–H and O–H groups in total. The van der Waals surface area contributed by atoms with Crippen LogP contribution in [0.5, 0.6) is 11.5 Å². The summed E-state index contributed by atoms with van der Waals surface area (Å²) in [7, 11) is 3.37. The third-order valence-electron chi connectivity index (χ3n) is 8.78. The number of unbranched alkanes of at least 4 members (excludes halogenated alkanes) is 2. The van der Waals surface area contributed by atoms with Crippen molar-refractivity contribution in [3.63, 3.8) is 0 Å². The average molecular weight is 641 g/mol. The van der Waals surface area contributed by atoms with Gasteiger partial charge in [0.25, 0.3) is 0 Å². The van der Waals surface area contributed by atoms with E-state index in [-0.39, 0.29) is 0 Å². The van der Waals surface area contributed by atoms with Crippen LogP contribution in [-0.4, -0.2) is 25.6 Å². The highest BCUT2D eigenvalue weighted by Crippen LogP contribution is 2.32. The van der Waals surface area contributed by atoms with Crippen molar-refractivity contribution in [2.24, 2.45) is 10.2 Å². The van der Waals surface area contributed by atoms with Gasteiger partial charge in [-0.2, -0.15) is 10.2 Å². The van der Waals surface area contributed by atoms with Gasteiger partial charge in [-0.3, -0.25) is 0 Å². The number of fused-ring (bicyclic) bond motifs is 2. The van der Waals surface area contributed by atoms with Gasteiger partial charge in [-0.25, -0.2) is 0 Å². The van der Waals surface area contributed by atoms with Gasteiger partial charge in [-0.15, -0.1) is 0 Å². The molecule has 0 amide bonds. The summed E-state index contributed by atoms with van der Waals surface area (Å²) in [6, 6.07) is 32.8. The molecule has 0 saturated carbocycles. The van der Waals surface area contributed by atoms with E-state index in [0.717, 1.165) is 117 Å². The molecule has 0 saturated heterocycles. The molecular formula is C42H44N2O4. The third-order valence-corrected chi connectivity index (χ3v) is 8.78. The SMILES string of the molecule is CCCCc1oc2ccccc2c1/C(Cc1ccc(OC)cc1)=N\N=C(/Cc1ccc(OC)cc1)c1c(CCCC)oc2ccccc12. The first-order chi connectivity index (χ1) is 23.6. The molecule has 0 atom stereocenters. The highest BCUT2D eigenvalue weighted by molar-refractivity contribution is 6.14. The molecule has 0 unspecified atom stereocenters. The molecule has 0 bridgehead atoms. The Bertz CT molecular complexity index is 1870. The Morgan fingerprint density at radius 2 is 0.938 bits per heavy atom. The molecule has 2 heterocycles. The van der Waals surface area contributed by atoms with Crippen molar-refractivity contribution in [1.82, 2.24) is 0 Å².